The number of carbonyl (C=O) groups excluding carboxylic acids is 2. The molecule has 0 fully saturated rings. The first kappa shape index (κ1) is 29.8. The Hall–Kier alpha value is -4.74. The average Bonchev–Trinajstić information content (AvgIpc) is 3.30. The van der Waals surface area contributed by atoms with E-state index in [1.54, 1.807) is 36.4 Å². The second-order valence-corrected chi connectivity index (χ2v) is 9.35. The van der Waals surface area contributed by atoms with Gasteiger partial charge in [0.15, 0.2) is 11.9 Å². The van der Waals surface area contributed by atoms with Crippen LogP contribution in [0.2, 0.25) is 0 Å². The van der Waals surface area contributed by atoms with Crippen LogP contribution >= 0.6 is 0 Å². The molecule has 0 aromatic heterocycles. The van der Waals surface area contributed by atoms with Gasteiger partial charge in [-0.3, -0.25) is 19.6 Å². The number of phenols is 1. The number of nitrogens with zero attached hydrogens (tertiary/aromatic N) is 2. The Kier molecular flexibility index (Phi) is 11.2. The Morgan fingerprint density at radius 1 is 0.875 bits per heavy atom. The highest BCUT2D eigenvalue weighted by Gasteiger charge is 2.40. The molecule has 214 valence electrons. The van der Waals surface area contributed by atoms with Crippen molar-refractivity contribution in [2.24, 2.45) is 32.9 Å². The molecule has 2 aromatic rings. The molecule has 12 heteroatoms. The van der Waals surface area contributed by atoms with Gasteiger partial charge >= 0.3 is 0 Å². The van der Waals surface area contributed by atoms with Gasteiger partial charge in [0, 0.05) is 37.8 Å². The summed E-state index contributed by atoms with van der Waals surface area (Å²) in [6, 6.07) is 12.1. The van der Waals surface area contributed by atoms with Crippen LogP contribution < -0.4 is 38.3 Å². The van der Waals surface area contributed by atoms with Crippen LogP contribution in [0.4, 0.5) is 0 Å². The highest BCUT2D eigenvalue weighted by atomic mass is 16.5. The summed E-state index contributed by atoms with van der Waals surface area (Å²) in [6.07, 6.45) is 5.52. The van der Waals surface area contributed by atoms with Gasteiger partial charge in [-0.2, -0.15) is 0 Å². The summed E-state index contributed by atoms with van der Waals surface area (Å²) in [6.45, 7) is 1.97. The van der Waals surface area contributed by atoms with E-state index in [1.807, 2.05) is 12.1 Å². The predicted molar refractivity (Wildman–Crippen MR) is 156 cm³/mol. The number of amides is 2. The van der Waals surface area contributed by atoms with Crippen LogP contribution in [-0.4, -0.2) is 55.0 Å². The molecule has 0 aliphatic carbocycles. The van der Waals surface area contributed by atoms with Crippen molar-refractivity contribution in [2.75, 3.05) is 26.2 Å². The Balaban J connectivity index is 1.67. The van der Waals surface area contributed by atoms with Gasteiger partial charge in [-0.05, 0) is 67.2 Å². The van der Waals surface area contributed by atoms with Crippen LogP contribution in [0, 0.1) is 0 Å². The van der Waals surface area contributed by atoms with Crippen molar-refractivity contribution in [3.63, 3.8) is 0 Å². The van der Waals surface area contributed by atoms with Gasteiger partial charge in [0.25, 0.3) is 0 Å². The van der Waals surface area contributed by atoms with E-state index in [0.717, 1.165) is 36.0 Å². The number of nitrogens with one attached hydrogen (secondary N) is 2. The second-order valence-electron chi connectivity index (χ2n) is 9.35. The van der Waals surface area contributed by atoms with Crippen LogP contribution in [0.3, 0.4) is 0 Å². The van der Waals surface area contributed by atoms with Crippen molar-refractivity contribution in [1.29, 1.82) is 0 Å². The minimum atomic E-state index is -0.621. The lowest BCUT2D eigenvalue weighted by Gasteiger charge is -2.19. The van der Waals surface area contributed by atoms with Crippen LogP contribution in [0.5, 0.6) is 11.5 Å². The molecule has 0 spiro atoms. The third kappa shape index (κ3) is 9.22. The molecule has 2 atom stereocenters. The van der Waals surface area contributed by atoms with Gasteiger partial charge < -0.3 is 43.4 Å². The quantitative estimate of drug-likeness (QED) is 0.0776. The molecule has 0 saturated heterocycles. The lowest BCUT2D eigenvalue weighted by molar-refractivity contribution is -0.124. The molecule has 1 aliphatic heterocycles. The van der Waals surface area contributed by atoms with E-state index in [4.69, 9.17) is 27.7 Å². The van der Waals surface area contributed by atoms with Crippen molar-refractivity contribution in [3.05, 3.63) is 65.2 Å². The maximum absolute atomic E-state index is 13.4. The molecular weight excluding hydrogens is 512 g/mol. The molecule has 2 amide bonds. The zero-order chi connectivity index (χ0) is 28.9. The summed E-state index contributed by atoms with van der Waals surface area (Å²) in [4.78, 5) is 33.5. The van der Waals surface area contributed by atoms with Gasteiger partial charge in [0.2, 0.25) is 11.8 Å². The highest BCUT2D eigenvalue weighted by molar-refractivity contribution is 5.92. The minimum Gasteiger partial charge on any atom is -0.508 e. The summed E-state index contributed by atoms with van der Waals surface area (Å²) < 4.78 is 6.20. The number of unbranched alkanes of at least 4 members (excludes halogenated alkanes) is 2. The van der Waals surface area contributed by atoms with E-state index >= 15 is 0 Å². The van der Waals surface area contributed by atoms with Crippen LogP contribution in [0.25, 0.3) is 6.08 Å². The maximum Gasteiger partial charge on any atom is 0.243 e. The third-order valence-electron chi connectivity index (χ3n) is 6.21. The lowest BCUT2D eigenvalue weighted by Crippen LogP contribution is -2.32. The summed E-state index contributed by atoms with van der Waals surface area (Å²) in [5.74, 6) is -0.213. The molecular formula is C28H38N8O4. The van der Waals surface area contributed by atoms with Gasteiger partial charge in [0.05, 0.1) is 0 Å². The molecule has 0 radical (unpaired) electrons. The number of hydrogen-bond donors (Lipinski definition) is 7. The normalized spacial score (nSPS) is 15.6. The number of nitrogens with two attached hydrogens (primary N) is 4. The van der Waals surface area contributed by atoms with E-state index in [1.165, 1.54) is 6.08 Å². The average molecular weight is 551 g/mol. The molecule has 12 nitrogen and oxygen atoms in total. The fourth-order valence-corrected chi connectivity index (χ4v) is 4.25. The van der Waals surface area contributed by atoms with E-state index in [0.29, 0.717) is 38.3 Å². The number of guanidine groups is 2. The topological polar surface area (TPSA) is 216 Å². The molecule has 11 N–H and O–H groups in total. The number of aromatic hydroxyl groups is 1. The van der Waals surface area contributed by atoms with Crippen molar-refractivity contribution >= 4 is 29.8 Å². The number of carbonyl (C=O) groups is 2. The standard InChI is InChI=1S/C28H38N8O4/c29-27(30)35-15-3-1-13-33-23(38)12-6-18-5-11-22-21(17-18)24(25(40-22)19-7-9-20(37)10-8-19)26(39)34-14-2-4-16-36-28(31)32/h5-12,17,24-25,37H,1-4,13-16H2,(H,33,38)(H,34,39)(H4,29,30,35)(H4,31,32,36)/b12-6+. The van der Waals surface area contributed by atoms with Crippen molar-refractivity contribution in [1.82, 2.24) is 10.6 Å². The minimum absolute atomic E-state index is 0.0438. The molecule has 0 bridgehead atoms. The first-order chi connectivity index (χ1) is 19.2. The SMILES string of the molecule is NC(N)=NCCCCNC(=O)/C=C/c1ccc2c(c1)C(C(=O)NCCCCN=C(N)N)C(c1ccc(O)cc1)O2. The molecule has 40 heavy (non-hydrogen) atoms. The first-order valence-corrected chi connectivity index (χ1v) is 13.2. The number of hydrogen-bond acceptors (Lipinski definition) is 6. The number of fused-ring (bicyclic) bond motifs is 1. The largest absolute Gasteiger partial charge is 0.508 e. The monoisotopic (exact) mass is 550 g/mol. The van der Waals surface area contributed by atoms with Crippen molar-refractivity contribution < 1.29 is 19.4 Å². The third-order valence-corrected chi connectivity index (χ3v) is 6.21. The van der Waals surface area contributed by atoms with Gasteiger partial charge in [-0.25, -0.2) is 0 Å². The summed E-state index contributed by atoms with van der Waals surface area (Å²) in [5, 5.41) is 15.5. The number of benzene rings is 2. The number of aliphatic imine (C=N–C) groups is 2. The Labute approximate surface area is 233 Å². The van der Waals surface area contributed by atoms with E-state index in [2.05, 4.69) is 20.6 Å². The molecule has 1 aliphatic rings. The molecule has 0 saturated carbocycles. The highest BCUT2D eigenvalue weighted by Crippen LogP contribution is 2.46. The number of phenolic OH excluding ortho intramolecular Hbond substituents is 1. The Morgan fingerprint density at radius 2 is 1.50 bits per heavy atom. The number of ether oxygens (including phenoxy) is 1. The zero-order valence-corrected chi connectivity index (χ0v) is 22.4. The van der Waals surface area contributed by atoms with Crippen LogP contribution in [0.1, 0.15) is 54.4 Å². The van der Waals surface area contributed by atoms with Gasteiger partial charge in [-0.1, -0.05) is 18.2 Å². The maximum atomic E-state index is 13.4. The van der Waals surface area contributed by atoms with Gasteiger partial charge in [-0.15, -0.1) is 0 Å². The fraction of sp³-hybridized carbons (Fsp3) is 0.357. The van der Waals surface area contributed by atoms with Crippen LogP contribution in [0.15, 0.2) is 58.5 Å². The summed E-state index contributed by atoms with van der Waals surface area (Å²) >= 11 is 0. The lowest BCUT2D eigenvalue weighted by atomic mass is 9.89. The predicted octanol–water partition coefficient (Wildman–Crippen LogP) is 0.962. The molecule has 2 aromatic carbocycles. The van der Waals surface area contributed by atoms with Crippen molar-refractivity contribution in [2.45, 2.75) is 37.7 Å². The smallest absolute Gasteiger partial charge is 0.243 e. The van der Waals surface area contributed by atoms with E-state index in [-0.39, 0.29) is 29.5 Å². The van der Waals surface area contributed by atoms with E-state index < -0.39 is 12.0 Å². The summed E-state index contributed by atoms with van der Waals surface area (Å²) in [7, 11) is 0. The fourth-order valence-electron chi connectivity index (χ4n) is 4.25. The molecule has 1 heterocycles. The summed E-state index contributed by atoms with van der Waals surface area (Å²) in [5.41, 5.74) is 23.5. The Bertz CT molecular complexity index is 1240. The van der Waals surface area contributed by atoms with Crippen LogP contribution in [-0.2, 0) is 9.59 Å². The first-order valence-electron chi connectivity index (χ1n) is 13.2. The second kappa shape index (κ2) is 15.0. The number of rotatable bonds is 14. The van der Waals surface area contributed by atoms with Crippen molar-refractivity contribution in [3.8, 4) is 11.5 Å². The molecule has 3 rings (SSSR count). The zero-order valence-electron chi connectivity index (χ0n) is 22.4. The van der Waals surface area contributed by atoms with Gasteiger partial charge in [0.1, 0.15) is 23.5 Å². The molecule has 2 unspecified atom stereocenters. The van der Waals surface area contributed by atoms with E-state index in [9.17, 15) is 14.7 Å². The Morgan fingerprint density at radius 3 is 2.12 bits per heavy atom.